The second kappa shape index (κ2) is 9.46. The third-order valence-electron chi connectivity index (χ3n) is 5.03. The molecule has 0 radical (unpaired) electrons. The van der Waals surface area contributed by atoms with E-state index < -0.39 is 0 Å². The molecule has 150 valence electrons. The number of fused-ring (bicyclic) bond motifs is 1. The van der Waals surface area contributed by atoms with Crippen LogP contribution >= 0.6 is 0 Å². The van der Waals surface area contributed by atoms with Crippen molar-refractivity contribution in [1.29, 1.82) is 0 Å². The van der Waals surface area contributed by atoms with E-state index >= 15 is 0 Å². The molecule has 2 amide bonds. The normalized spacial score (nSPS) is 13.5. The maximum Gasteiger partial charge on any atom is 0.322 e. The second-order valence-electron chi connectivity index (χ2n) is 6.83. The lowest BCUT2D eigenvalue weighted by Crippen LogP contribution is -2.36. The van der Waals surface area contributed by atoms with Gasteiger partial charge in [-0.2, -0.15) is 0 Å². The first-order chi connectivity index (χ1) is 13.6. The number of ether oxygens (including phenoxy) is 2. The van der Waals surface area contributed by atoms with Gasteiger partial charge in [-0.1, -0.05) is 19.9 Å². The molecule has 0 saturated heterocycles. The molecule has 1 aliphatic heterocycles. The summed E-state index contributed by atoms with van der Waals surface area (Å²) in [4.78, 5) is 16.9. The monoisotopic (exact) mass is 383 g/mol. The maximum atomic E-state index is 12.8. The summed E-state index contributed by atoms with van der Waals surface area (Å²) < 4.78 is 11.0. The Hall–Kier alpha value is -2.73. The SMILES string of the molecule is CCN(CC)Cc1ccc2c(c1)CN(C(=O)Nc1ccc(OC)cc1)CCO2. The van der Waals surface area contributed by atoms with E-state index in [9.17, 15) is 4.79 Å². The van der Waals surface area contributed by atoms with Gasteiger partial charge < -0.3 is 19.7 Å². The summed E-state index contributed by atoms with van der Waals surface area (Å²) in [6.45, 7) is 8.83. The number of nitrogens with one attached hydrogen (secondary N) is 1. The first-order valence-corrected chi connectivity index (χ1v) is 9.79. The molecule has 0 atom stereocenters. The fourth-order valence-corrected chi connectivity index (χ4v) is 3.30. The van der Waals surface area contributed by atoms with E-state index in [2.05, 4.69) is 36.2 Å². The van der Waals surface area contributed by atoms with Crippen LogP contribution in [-0.2, 0) is 13.1 Å². The number of nitrogens with zero attached hydrogens (tertiary/aromatic N) is 2. The molecule has 2 aromatic carbocycles. The number of benzene rings is 2. The Morgan fingerprint density at radius 3 is 2.61 bits per heavy atom. The number of rotatable bonds is 6. The second-order valence-corrected chi connectivity index (χ2v) is 6.83. The Bertz CT molecular complexity index is 788. The van der Waals surface area contributed by atoms with Crippen molar-refractivity contribution in [3.63, 3.8) is 0 Å². The lowest BCUT2D eigenvalue weighted by molar-refractivity contribution is 0.200. The summed E-state index contributed by atoms with van der Waals surface area (Å²) in [6.07, 6.45) is 0. The van der Waals surface area contributed by atoms with E-state index in [1.54, 1.807) is 12.0 Å². The van der Waals surface area contributed by atoms with Crippen molar-refractivity contribution < 1.29 is 14.3 Å². The fourth-order valence-electron chi connectivity index (χ4n) is 3.30. The molecule has 0 bridgehead atoms. The highest BCUT2D eigenvalue weighted by Gasteiger charge is 2.20. The highest BCUT2D eigenvalue weighted by atomic mass is 16.5. The topological polar surface area (TPSA) is 54.0 Å². The number of carbonyl (C=O) groups is 1. The molecule has 6 heteroatoms. The van der Waals surface area contributed by atoms with Gasteiger partial charge in [0.1, 0.15) is 18.1 Å². The van der Waals surface area contributed by atoms with E-state index in [-0.39, 0.29) is 6.03 Å². The number of methoxy groups -OCH3 is 1. The quantitative estimate of drug-likeness (QED) is 0.820. The lowest BCUT2D eigenvalue weighted by atomic mass is 10.1. The highest BCUT2D eigenvalue weighted by Crippen LogP contribution is 2.25. The molecule has 1 N–H and O–H groups in total. The van der Waals surface area contributed by atoms with Gasteiger partial charge in [-0.15, -0.1) is 0 Å². The molecular weight excluding hydrogens is 354 g/mol. The zero-order valence-electron chi connectivity index (χ0n) is 16.9. The molecular formula is C22H29N3O3. The maximum absolute atomic E-state index is 12.8. The van der Waals surface area contributed by atoms with Gasteiger partial charge in [0.2, 0.25) is 0 Å². The Morgan fingerprint density at radius 1 is 1.18 bits per heavy atom. The summed E-state index contributed by atoms with van der Waals surface area (Å²) >= 11 is 0. The summed E-state index contributed by atoms with van der Waals surface area (Å²) in [5.41, 5.74) is 3.03. The molecule has 6 nitrogen and oxygen atoms in total. The first kappa shape index (κ1) is 20.0. The van der Waals surface area contributed by atoms with Crippen LogP contribution in [0.3, 0.4) is 0 Å². The Morgan fingerprint density at radius 2 is 1.93 bits per heavy atom. The van der Waals surface area contributed by atoms with E-state index in [1.807, 2.05) is 30.3 Å². The van der Waals surface area contributed by atoms with Crippen molar-refractivity contribution in [2.75, 3.05) is 38.7 Å². The van der Waals surface area contributed by atoms with Crippen LogP contribution in [-0.4, -0.2) is 49.2 Å². The Balaban J connectivity index is 1.70. The molecule has 3 rings (SSSR count). The van der Waals surface area contributed by atoms with Crippen LogP contribution in [0.4, 0.5) is 10.5 Å². The smallest absolute Gasteiger partial charge is 0.322 e. The van der Waals surface area contributed by atoms with Crippen LogP contribution in [0.2, 0.25) is 0 Å². The average molecular weight is 383 g/mol. The summed E-state index contributed by atoms with van der Waals surface area (Å²) in [7, 11) is 1.62. The zero-order valence-corrected chi connectivity index (χ0v) is 16.9. The van der Waals surface area contributed by atoms with Gasteiger partial charge in [0.25, 0.3) is 0 Å². The Kier molecular flexibility index (Phi) is 6.76. The van der Waals surface area contributed by atoms with Crippen LogP contribution in [0.15, 0.2) is 42.5 Å². The van der Waals surface area contributed by atoms with E-state index in [0.29, 0.717) is 19.7 Å². The highest BCUT2D eigenvalue weighted by molar-refractivity contribution is 5.89. The molecule has 1 heterocycles. The molecule has 1 aliphatic rings. The predicted molar refractivity (Wildman–Crippen MR) is 111 cm³/mol. The average Bonchev–Trinajstić information content (AvgIpc) is 2.94. The number of urea groups is 1. The summed E-state index contributed by atoms with van der Waals surface area (Å²) in [6, 6.07) is 13.5. The minimum atomic E-state index is -0.129. The number of hydrogen-bond acceptors (Lipinski definition) is 4. The van der Waals surface area contributed by atoms with Crippen molar-refractivity contribution in [2.45, 2.75) is 26.9 Å². The van der Waals surface area contributed by atoms with Crippen molar-refractivity contribution >= 4 is 11.7 Å². The molecule has 0 fully saturated rings. The van der Waals surface area contributed by atoms with Gasteiger partial charge in [0.15, 0.2) is 0 Å². The predicted octanol–water partition coefficient (Wildman–Crippen LogP) is 3.96. The zero-order chi connectivity index (χ0) is 19.9. The molecule has 0 unspecified atom stereocenters. The molecule has 28 heavy (non-hydrogen) atoms. The lowest BCUT2D eigenvalue weighted by Gasteiger charge is -2.21. The van der Waals surface area contributed by atoms with Crippen LogP contribution in [0.5, 0.6) is 11.5 Å². The third-order valence-corrected chi connectivity index (χ3v) is 5.03. The van der Waals surface area contributed by atoms with Crippen LogP contribution in [0, 0.1) is 0 Å². The minimum absolute atomic E-state index is 0.129. The third kappa shape index (κ3) is 4.95. The van der Waals surface area contributed by atoms with Gasteiger partial charge in [-0.05, 0) is 55.1 Å². The number of amides is 2. The van der Waals surface area contributed by atoms with E-state index in [1.165, 1.54) is 5.56 Å². The van der Waals surface area contributed by atoms with E-state index in [0.717, 1.165) is 42.4 Å². The molecule has 2 aromatic rings. The van der Waals surface area contributed by atoms with Gasteiger partial charge >= 0.3 is 6.03 Å². The Labute approximate surface area is 167 Å². The van der Waals surface area contributed by atoms with Crippen LogP contribution in [0.25, 0.3) is 0 Å². The van der Waals surface area contributed by atoms with Crippen molar-refractivity contribution in [1.82, 2.24) is 9.80 Å². The van der Waals surface area contributed by atoms with Crippen molar-refractivity contribution in [3.05, 3.63) is 53.6 Å². The number of carbonyl (C=O) groups excluding carboxylic acids is 1. The van der Waals surface area contributed by atoms with Gasteiger partial charge in [0.05, 0.1) is 20.2 Å². The summed E-state index contributed by atoms with van der Waals surface area (Å²) in [5.74, 6) is 1.62. The molecule has 0 saturated carbocycles. The van der Waals surface area contributed by atoms with E-state index in [4.69, 9.17) is 9.47 Å². The van der Waals surface area contributed by atoms with Crippen LogP contribution in [0.1, 0.15) is 25.0 Å². The molecule has 0 aliphatic carbocycles. The van der Waals surface area contributed by atoms with Crippen molar-refractivity contribution in [2.24, 2.45) is 0 Å². The number of hydrogen-bond donors (Lipinski definition) is 1. The first-order valence-electron chi connectivity index (χ1n) is 9.79. The fraction of sp³-hybridized carbons (Fsp3) is 0.409. The molecule has 0 aromatic heterocycles. The van der Waals surface area contributed by atoms with Gasteiger partial charge in [0, 0.05) is 17.8 Å². The van der Waals surface area contributed by atoms with Crippen LogP contribution < -0.4 is 14.8 Å². The molecule has 0 spiro atoms. The largest absolute Gasteiger partial charge is 0.497 e. The number of anilines is 1. The van der Waals surface area contributed by atoms with Gasteiger partial charge in [-0.25, -0.2) is 4.79 Å². The standard InChI is InChI=1S/C22H29N3O3/c1-4-24(5-2)15-17-6-11-21-18(14-17)16-25(12-13-28-21)22(26)23-19-7-9-20(27-3)10-8-19/h6-11,14H,4-5,12-13,15-16H2,1-3H3,(H,23,26). The van der Waals surface area contributed by atoms with Gasteiger partial charge in [-0.3, -0.25) is 4.90 Å². The van der Waals surface area contributed by atoms with Crippen molar-refractivity contribution in [3.8, 4) is 11.5 Å². The summed E-state index contributed by atoms with van der Waals surface area (Å²) in [5, 5.41) is 2.95. The minimum Gasteiger partial charge on any atom is -0.497 e.